The smallest absolute Gasteiger partial charge is 0.272 e. The molecule has 7 heteroatoms. The van der Waals surface area contributed by atoms with Crippen molar-refractivity contribution in [3.63, 3.8) is 0 Å². The lowest BCUT2D eigenvalue weighted by atomic mass is 10.0. The number of aromatic amines is 1. The number of amides is 1. The van der Waals surface area contributed by atoms with E-state index in [0.717, 1.165) is 23.2 Å². The van der Waals surface area contributed by atoms with Crippen LogP contribution < -0.4 is 0 Å². The molecule has 136 valence electrons. The molecule has 2 aromatic heterocycles. The summed E-state index contributed by atoms with van der Waals surface area (Å²) < 4.78 is 14.9. The predicted molar refractivity (Wildman–Crippen MR) is 97.1 cm³/mol. The third kappa shape index (κ3) is 3.37. The molecule has 0 saturated heterocycles. The molecule has 1 amide bonds. The number of nitrogens with one attached hydrogen (secondary N) is 1. The summed E-state index contributed by atoms with van der Waals surface area (Å²) in [6.45, 7) is 3.90. The van der Waals surface area contributed by atoms with Gasteiger partial charge in [0, 0.05) is 25.9 Å². The van der Waals surface area contributed by atoms with Crippen molar-refractivity contribution in [1.82, 2.24) is 24.9 Å². The Balaban J connectivity index is 1.84. The predicted octanol–water partition coefficient (Wildman–Crippen LogP) is 3.48. The van der Waals surface area contributed by atoms with E-state index in [1.54, 1.807) is 34.8 Å². The minimum absolute atomic E-state index is 0.144. The normalized spacial score (nSPS) is 12.2. The maximum Gasteiger partial charge on any atom is 0.272 e. The molecule has 0 aliphatic heterocycles. The molecule has 0 fully saturated rings. The van der Waals surface area contributed by atoms with Gasteiger partial charge in [0.15, 0.2) is 0 Å². The van der Waals surface area contributed by atoms with Gasteiger partial charge in [-0.2, -0.15) is 10.2 Å². The Bertz CT molecular complexity index is 912. The van der Waals surface area contributed by atoms with Gasteiger partial charge in [0.05, 0.1) is 17.4 Å². The minimum atomic E-state index is -0.289. The van der Waals surface area contributed by atoms with E-state index in [-0.39, 0.29) is 17.8 Å². The molecule has 1 N–H and O–H groups in total. The Hall–Kier alpha value is -2.96. The van der Waals surface area contributed by atoms with Crippen LogP contribution in [0.2, 0.25) is 0 Å². The lowest BCUT2D eigenvalue weighted by Crippen LogP contribution is -2.31. The van der Waals surface area contributed by atoms with Crippen LogP contribution in [0.25, 0.3) is 11.3 Å². The van der Waals surface area contributed by atoms with E-state index in [0.29, 0.717) is 11.4 Å². The van der Waals surface area contributed by atoms with Crippen LogP contribution in [0.4, 0.5) is 4.39 Å². The van der Waals surface area contributed by atoms with E-state index in [4.69, 9.17) is 0 Å². The van der Waals surface area contributed by atoms with Gasteiger partial charge in [-0.05, 0) is 37.1 Å². The number of halogens is 1. The number of carbonyl (C=O) groups is 1. The van der Waals surface area contributed by atoms with Crippen LogP contribution in [0, 0.1) is 12.7 Å². The van der Waals surface area contributed by atoms with Gasteiger partial charge in [-0.25, -0.2) is 4.39 Å². The first-order chi connectivity index (χ1) is 12.4. The van der Waals surface area contributed by atoms with Crippen molar-refractivity contribution >= 4 is 5.91 Å². The summed E-state index contributed by atoms with van der Waals surface area (Å²) in [7, 11) is 3.59. The standard InChI is InChI=1S/C19H22FN5O/c1-5-18(13-6-8-14(20)9-7-13)25(4)19(26)17-10-16(21-22-17)15-11-24(3)23-12(15)2/h6-11,18H,5H2,1-4H3,(H,21,22)/t18-/m0/s1. The number of carbonyl (C=O) groups excluding carboxylic acids is 1. The number of hydrogen-bond donors (Lipinski definition) is 1. The van der Waals surface area contributed by atoms with Crippen LogP contribution in [0.5, 0.6) is 0 Å². The second-order valence-electron chi connectivity index (χ2n) is 6.36. The first kappa shape index (κ1) is 17.8. The molecule has 0 aliphatic rings. The number of nitrogens with zero attached hydrogens (tertiary/aromatic N) is 4. The number of aryl methyl sites for hydroxylation is 2. The van der Waals surface area contributed by atoms with E-state index in [1.165, 1.54) is 12.1 Å². The average Bonchev–Trinajstić information content (AvgIpc) is 3.22. The molecule has 3 rings (SSSR count). The monoisotopic (exact) mass is 355 g/mol. The molecule has 0 spiro atoms. The largest absolute Gasteiger partial charge is 0.333 e. The van der Waals surface area contributed by atoms with Gasteiger partial charge in [-0.15, -0.1) is 0 Å². The molecule has 0 bridgehead atoms. The molecule has 0 radical (unpaired) electrons. The summed E-state index contributed by atoms with van der Waals surface area (Å²) in [5.74, 6) is -0.455. The lowest BCUT2D eigenvalue weighted by molar-refractivity contribution is 0.0720. The molecule has 1 aromatic carbocycles. The highest BCUT2D eigenvalue weighted by Crippen LogP contribution is 2.26. The summed E-state index contributed by atoms with van der Waals surface area (Å²) >= 11 is 0. The average molecular weight is 355 g/mol. The summed E-state index contributed by atoms with van der Waals surface area (Å²) in [5.41, 5.74) is 3.72. The van der Waals surface area contributed by atoms with E-state index in [1.807, 2.05) is 27.1 Å². The number of aromatic nitrogens is 4. The molecule has 0 saturated carbocycles. The molecule has 6 nitrogen and oxygen atoms in total. The number of benzene rings is 1. The highest BCUT2D eigenvalue weighted by molar-refractivity contribution is 5.93. The highest BCUT2D eigenvalue weighted by Gasteiger charge is 2.23. The fraction of sp³-hybridized carbons (Fsp3) is 0.316. The third-order valence-electron chi connectivity index (χ3n) is 4.53. The summed E-state index contributed by atoms with van der Waals surface area (Å²) in [6, 6.07) is 7.84. The fourth-order valence-electron chi connectivity index (χ4n) is 3.17. The van der Waals surface area contributed by atoms with Crippen molar-refractivity contribution in [3.8, 4) is 11.3 Å². The quantitative estimate of drug-likeness (QED) is 0.762. The lowest BCUT2D eigenvalue weighted by Gasteiger charge is -2.27. The molecule has 0 aliphatic carbocycles. The zero-order chi connectivity index (χ0) is 18.8. The van der Waals surface area contributed by atoms with Crippen molar-refractivity contribution < 1.29 is 9.18 Å². The second kappa shape index (κ2) is 7.11. The summed E-state index contributed by atoms with van der Waals surface area (Å²) in [5, 5.41) is 11.4. The molecule has 26 heavy (non-hydrogen) atoms. The van der Waals surface area contributed by atoms with E-state index >= 15 is 0 Å². The van der Waals surface area contributed by atoms with Crippen molar-refractivity contribution in [2.45, 2.75) is 26.3 Å². The zero-order valence-electron chi connectivity index (χ0n) is 15.3. The van der Waals surface area contributed by atoms with Crippen LogP contribution >= 0.6 is 0 Å². The van der Waals surface area contributed by atoms with Crippen LogP contribution in [0.15, 0.2) is 36.5 Å². The van der Waals surface area contributed by atoms with Crippen LogP contribution in [-0.2, 0) is 7.05 Å². The topological polar surface area (TPSA) is 66.8 Å². The molecular weight excluding hydrogens is 333 g/mol. The van der Waals surface area contributed by atoms with Gasteiger partial charge in [0.2, 0.25) is 0 Å². The third-order valence-corrected chi connectivity index (χ3v) is 4.53. The van der Waals surface area contributed by atoms with Crippen molar-refractivity contribution in [3.05, 3.63) is 59.3 Å². The SMILES string of the molecule is CC[C@@H](c1ccc(F)cc1)N(C)C(=O)c1cc(-c2cn(C)nc2C)n[nH]1. The van der Waals surface area contributed by atoms with Gasteiger partial charge >= 0.3 is 0 Å². The molecule has 2 heterocycles. The Kier molecular flexibility index (Phi) is 4.88. The van der Waals surface area contributed by atoms with Gasteiger partial charge in [-0.1, -0.05) is 19.1 Å². The Morgan fingerprint density at radius 3 is 2.62 bits per heavy atom. The first-order valence-corrected chi connectivity index (χ1v) is 8.49. The van der Waals surface area contributed by atoms with E-state index in [9.17, 15) is 9.18 Å². The van der Waals surface area contributed by atoms with Gasteiger partial charge in [-0.3, -0.25) is 14.6 Å². The molecule has 0 unspecified atom stereocenters. The second-order valence-corrected chi connectivity index (χ2v) is 6.36. The molecule has 3 aromatic rings. The number of rotatable bonds is 5. The molecular formula is C19H22FN5O. The van der Waals surface area contributed by atoms with Crippen LogP contribution in [0.3, 0.4) is 0 Å². The Morgan fingerprint density at radius 2 is 2.04 bits per heavy atom. The highest BCUT2D eigenvalue weighted by atomic mass is 19.1. The Labute approximate surface area is 151 Å². The van der Waals surface area contributed by atoms with Crippen molar-refractivity contribution in [1.29, 1.82) is 0 Å². The minimum Gasteiger partial charge on any atom is -0.333 e. The number of hydrogen-bond acceptors (Lipinski definition) is 3. The zero-order valence-corrected chi connectivity index (χ0v) is 15.3. The Morgan fingerprint density at radius 1 is 1.35 bits per heavy atom. The summed E-state index contributed by atoms with van der Waals surface area (Å²) in [4.78, 5) is 14.5. The van der Waals surface area contributed by atoms with E-state index in [2.05, 4.69) is 15.3 Å². The summed E-state index contributed by atoms with van der Waals surface area (Å²) in [6.07, 6.45) is 2.59. The van der Waals surface area contributed by atoms with Gasteiger partial charge in [0.25, 0.3) is 5.91 Å². The van der Waals surface area contributed by atoms with Crippen LogP contribution in [-0.4, -0.2) is 37.8 Å². The maximum absolute atomic E-state index is 13.2. The van der Waals surface area contributed by atoms with Gasteiger partial charge < -0.3 is 4.90 Å². The van der Waals surface area contributed by atoms with Crippen LogP contribution in [0.1, 0.15) is 41.1 Å². The van der Waals surface area contributed by atoms with Gasteiger partial charge in [0.1, 0.15) is 11.5 Å². The maximum atomic E-state index is 13.2. The van der Waals surface area contributed by atoms with Crippen molar-refractivity contribution in [2.24, 2.45) is 7.05 Å². The molecule has 1 atom stereocenters. The fourth-order valence-corrected chi connectivity index (χ4v) is 3.17. The number of H-pyrrole nitrogens is 1. The van der Waals surface area contributed by atoms with Crippen molar-refractivity contribution in [2.75, 3.05) is 7.05 Å². The van der Waals surface area contributed by atoms with E-state index < -0.39 is 0 Å². The first-order valence-electron chi connectivity index (χ1n) is 8.49.